The Bertz CT molecular complexity index is 531. The van der Waals surface area contributed by atoms with E-state index in [9.17, 15) is 0 Å². The molecule has 0 saturated carbocycles. The monoisotopic (exact) mass is 274 g/mol. The van der Waals surface area contributed by atoms with E-state index in [1.54, 1.807) is 7.11 Å². The van der Waals surface area contributed by atoms with Crippen molar-refractivity contribution in [2.75, 3.05) is 20.2 Å². The van der Waals surface area contributed by atoms with Crippen molar-refractivity contribution in [2.24, 2.45) is 5.92 Å². The quantitative estimate of drug-likeness (QED) is 0.743. The third-order valence-electron chi connectivity index (χ3n) is 3.66. The first-order valence-corrected chi connectivity index (χ1v) is 7.55. The summed E-state index contributed by atoms with van der Waals surface area (Å²) in [5, 5.41) is 4.71. The van der Waals surface area contributed by atoms with Gasteiger partial charge in [0.2, 0.25) is 0 Å². The first-order chi connectivity index (χ1) is 9.72. The van der Waals surface area contributed by atoms with Crippen LogP contribution in [0.4, 0.5) is 0 Å². The standard InChI is InChI=1S/C17H26N2O/c1-14(2)6-5-10-18-11-13-19-12-9-15-16(19)7-4-8-17(15)20-3/h4,7-9,12,14,18H,5-6,10-11,13H2,1-3H3. The van der Waals surface area contributed by atoms with Crippen LogP contribution in [0.5, 0.6) is 5.75 Å². The summed E-state index contributed by atoms with van der Waals surface area (Å²) in [5.41, 5.74) is 1.24. The molecule has 0 fully saturated rings. The lowest BCUT2D eigenvalue weighted by Gasteiger charge is -2.09. The lowest BCUT2D eigenvalue weighted by atomic mass is 10.1. The van der Waals surface area contributed by atoms with Gasteiger partial charge in [0.15, 0.2) is 0 Å². The average molecular weight is 274 g/mol. The van der Waals surface area contributed by atoms with Crippen LogP contribution in [0.2, 0.25) is 0 Å². The molecule has 1 aromatic heterocycles. The Morgan fingerprint density at radius 3 is 2.80 bits per heavy atom. The van der Waals surface area contributed by atoms with Crippen molar-refractivity contribution in [1.82, 2.24) is 9.88 Å². The van der Waals surface area contributed by atoms with E-state index in [2.05, 4.69) is 42.1 Å². The highest BCUT2D eigenvalue weighted by Gasteiger charge is 2.05. The molecule has 0 radical (unpaired) electrons. The molecule has 0 aliphatic carbocycles. The Morgan fingerprint density at radius 2 is 2.05 bits per heavy atom. The number of nitrogens with one attached hydrogen (secondary N) is 1. The van der Waals surface area contributed by atoms with Crippen LogP contribution in [0.1, 0.15) is 26.7 Å². The molecule has 1 heterocycles. The molecular formula is C17H26N2O. The fourth-order valence-corrected chi connectivity index (χ4v) is 2.53. The molecule has 20 heavy (non-hydrogen) atoms. The second kappa shape index (κ2) is 7.34. The molecule has 0 amide bonds. The van der Waals surface area contributed by atoms with E-state index in [1.807, 2.05) is 12.1 Å². The smallest absolute Gasteiger partial charge is 0.128 e. The van der Waals surface area contributed by atoms with Gasteiger partial charge in [-0.15, -0.1) is 0 Å². The molecule has 3 nitrogen and oxygen atoms in total. The Kier molecular flexibility index (Phi) is 5.48. The zero-order chi connectivity index (χ0) is 14.4. The van der Waals surface area contributed by atoms with Crippen LogP contribution in [0, 0.1) is 5.92 Å². The molecule has 0 spiro atoms. The zero-order valence-electron chi connectivity index (χ0n) is 12.9. The van der Waals surface area contributed by atoms with Crippen LogP contribution in [-0.2, 0) is 6.54 Å². The lowest BCUT2D eigenvalue weighted by Crippen LogP contribution is -2.21. The Hall–Kier alpha value is -1.48. The Labute approximate surface area is 121 Å². The maximum absolute atomic E-state index is 5.39. The van der Waals surface area contributed by atoms with Crippen molar-refractivity contribution in [2.45, 2.75) is 33.2 Å². The van der Waals surface area contributed by atoms with Crippen molar-refractivity contribution in [3.05, 3.63) is 30.5 Å². The first-order valence-electron chi connectivity index (χ1n) is 7.55. The van der Waals surface area contributed by atoms with Crippen LogP contribution in [0.15, 0.2) is 30.5 Å². The number of methoxy groups -OCH3 is 1. The number of rotatable bonds is 8. The summed E-state index contributed by atoms with van der Waals surface area (Å²) >= 11 is 0. The van der Waals surface area contributed by atoms with Crippen LogP contribution in [0.3, 0.4) is 0 Å². The molecule has 3 heteroatoms. The predicted molar refractivity (Wildman–Crippen MR) is 85.4 cm³/mol. The molecule has 2 rings (SSSR count). The highest BCUT2D eigenvalue weighted by molar-refractivity contribution is 5.86. The summed E-state index contributed by atoms with van der Waals surface area (Å²) in [4.78, 5) is 0. The van der Waals surface area contributed by atoms with E-state index < -0.39 is 0 Å². The van der Waals surface area contributed by atoms with Crippen LogP contribution < -0.4 is 10.1 Å². The van der Waals surface area contributed by atoms with Gasteiger partial charge in [0.05, 0.1) is 12.6 Å². The maximum Gasteiger partial charge on any atom is 0.128 e. The van der Waals surface area contributed by atoms with Crippen molar-refractivity contribution >= 4 is 10.9 Å². The van der Waals surface area contributed by atoms with Crippen LogP contribution >= 0.6 is 0 Å². The zero-order valence-corrected chi connectivity index (χ0v) is 12.9. The third kappa shape index (κ3) is 3.76. The van der Waals surface area contributed by atoms with Gasteiger partial charge >= 0.3 is 0 Å². The minimum Gasteiger partial charge on any atom is -0.496 e. The average Bonchev–Trinajstić information content (AvgIpc) is 2.85. The van der Waals surface area contributed by atoms with Crippen molar-refractivity contribution in [1.29, 1.82) is 0 Å². The molecular weight excluding hydrogens is 248 g/mol. The van der Waals surface area contributed by atoms with Gasteiger partial charge < -0.3 is 14.6 Å². The summed E-state index contributed by atoms with van der Waals surface area (Å²) in [5.74, 6) is 1.75. The van der Waals surface area contributed by atoms with Gasteiger partial charge in [-0.3, -0.25) is 0 Å². The van der Waals surface area contributed by atoms with E-state index in [0.717, 1.165) is 31.3 Å². The van der Waals surface area contributed by atoms with E-state index in [4.69, 9.17) is 4.74 Å². The highest BCUT2D eigenvalue weighted by Crippen LogP contribution is 2.25. The van der Waals surface area contributed by atoms with Gasteiger partial charge in [0, 0.05) is 24.7 Å². The fraction of sp³-hybridized carbons (Fsp3) is 0.529. The predicted octanol–water partition coefficient (Wildman–Crippen LogP) is 3.68. The van der Waals surface area contributed by atoms with E-state index >= 15 is 0 Å². The summed E-state index contributed by atoms with van der Waals surface area (Å²) in [6.45, 7) is 7.68. The summed E-state index contributed by atoms with van der Waals surface area (Å²) in [6, 6.07) is 8.34. The van der Waals surface area contributed by atoms with E-state index in [-0.39, 0.29) is 0 Å². The normalized spacial score (nSPS) is 11.4. The first kappa shape index (κ1) is 14.9. The summed E-state index contributed by atoms with van der Waals surface area (Å²) in [6.07, 6.45) is 4.71. The van der Waals surface area contributed by atoms with Gasteiger partial charge in [0.1, 0.15) is 5.75 Å². The molecule has 2 aromatic rings. The Balaban J connectivity index is 1.85. The van der Waals surface area contributed by atoms with E-state index in [0.29, 0.717) is 0 Å². The number of hydrogen-bond acceptors (Lipinski definition) is 2. The molecule has 0 unspecified atom stereocenters. The minimum atomic E-state index is 0.803. The molecule has 0 aliphatic rings. The largest absolute Gasteiger partial charge is 0.496 e. The molecule has 1 N–H and O–H groups in total. The van der Waals surface area contributed by atoms with Crippen molar-refractivity contribution in [3.8, 4) is 5.75 Å². The van der Waals surface area contributed by atoms with Gasteiger partial charge in [-0.2, -0.15) is 0 Å². The fourth-order valence-electron chi connectivity index (χ4n) is 2.53. The maximum atomic E-state index is 5.39. The second-order valence-electron chi connectivity index (χ2n) is 5.69. The summed E-state index contributed by atoms with van der Waals surface area (Å²) in [7, 11) is 1.72. The van der Waals surface area contributed by atoms with Crippen molar-refractivity contribution < 1.29 is 4.74 Å². The third-order valence-corrected chi connectivity index (χ3v) is 3.66. The minimum absolute atomic E-state index is 0.803. The highest BCUT2D eigenvalue weighted by atomic mass is 16.5. The topological polar surface area (TPSA) is 26.2 Å². The molecule has 0 aliphatic heterocycles. The Morgan fingerprint density at radius 1 is 1.20 bits per heavy atom. The lowest BCUT2D eigenvalue weighted by molar-refractivity contribution is 0.420. The molecule has 0 atom stereocenters. The number of benzene rings is 1. The number of hydrogen-bond donors (Lipinski definition) is 1. The molecule has 0 bridgehead atoms. The van der Waals surface area contributed by atoms with Gasteiger partial charge in [-0.25, -0.2) is 0 Å². The SMILES string of the molecule is COc1cccc2c1ccn2CCNCCCC(C)C. The van der Waals surface area contributed by atoms with Crippen LogP contribution in [0.25, 0.3) is 10.9 Å². The summed E-state index contributed by atoms with van der Waals surface area (Å²) < 4.78 is 7.68. The van der Waals surface area contributed by atoms with Gasteiger partial charge in [0.25, 0.3) is 0 Å². The number of aromatic nitrogens is 1. The number of fused-ring (bicyclic) bond motifs is 1. The van der Waals surface area contributed by atoms with E-state index in [1.165, 1.54) is 23.7 Å². The van der Waals surface area contributed by atoms with Crippen molar-refractivity contribution in [3.63, 3.8) is 0 Å². The number of nitrogens with zero attached hydrogens (tertiary/aromatic N) is 1. The molecule has 0 saturated heterocycles. The van der Waals surface area contributed by atoms with Crippen LogP contribution in [-0.4, -0.2) is 24.8 Å². The molecule has 1 aromatic carbocycles. The van der Waals surface area contributed by atoms with Gasteiger partial charge in [-0.1, -0.05) is 19.9 Å². The number of ether oxygens (including phenoxy) is 1. The second-order valence-corrected chi connectivity index (χ2v) is 5.69. The molecule has 110 valence electrons. The van der Waals surface area contributed by atoms with Gasteiger partial charge in [-0.05, 0) is 43.5 Å².